The molecular formula is C21H24BrN5O2. The number of nitrogens with zero attached hydrogens (tertiary/aromatic N) is 3. The van der Waals surface area contributed by atoms with Gasteiger partial charge in [-0.15, -0.1) is 0 Å². The molecule has 0 atom stereocenters. The van der Waals surface area contributed by atoms with Gasteiger partial charge in [-0.2, -0.15) is 0 Å². The Morgan fingerprint density at radius 2 is 2.03 bits per heavy atom. The van der Waals surface area contributed by atoms with Crippen molar-refractivity contribution in [1.82, 2.24) is 19.9 Å². The molecule has 7 nitrogen and oxygen atoms in total. The lowest BCUT2D eigenvalue weighted by Gasteiger charge is -2.24. The molecule has 2 fully saturated rings. The number of nitrogen functional groups attached to an aromatic ring is 1. The first-order valence-electron chi connectivity index (χ1n) is 10.2. The zero-order chi connectivity index (χ0) is 20.0. The first-order valence-corrected chi connectivity index (χ1v) is 11.0. The second kappa shape index (κ2) is 7.57. The van der Waals surface area contributed by atoms with Crippen LogP contribution in [-0.2, 0) is 22.6 Å². The highest BCUT2D eigenvalue weighted by atomic mass is 79.9. The Balaban J connectivity index is 1.61. The fraction of sp³-hybridized carbons (Fsp3) is 0.476. The molecule has 1 saturated heterocycles. The predicted molar refractivity (Wildman–Crippen MR) is 115 cm³/mol. The molecule has 152 valence electrons. The second-order valence-corrected chi connectivity index (χ2v) is 8.96. The number of aromatic nitrogens is 3. The van der Waals surface area contributed by atoms with E-state index in [0.717, 1.165) is 72.2 Å². The van der Waals surface area contributed by atoms with Crippen molar-refractivity contribution in [2.75, 3.05) is 18.9 Å². The normalized spacial score (nSPS) is 17.8. The number of hydrogen-bond donors (Lipinski definition) is 2. The average molecular weight is 458 g/mol. The molecule has 1 aliphatic carbocycles. The Labute approximate surface area is 177 Å². The lowest BCUT2D eigenvalue weighted by Crippen LogP contribution is -2.27. The van der Waals surface area contributed by atoms with E-state index in [1.165, 1.54) is 0 Å². The number of carbonyl (C=O) groups excluding carboxylic acids is 1. The number of pyridine rings is 1. The summed E-state index contributed by atoms with van der Waals surface area (Å²) in [4.78, 5) is 21.6. The van der Waals surface area contributed by atoms with Gasteiger partial charge in [-0.1, -0.05) is 15.9 Å². The van der Waals surface area contributed by atoms with E-state index >= 15 is 0 Å². The summed E-state index contributed by atoms with van der Waals surface area (Å²) in [5.74, 6) is 2.07. The molecule has 0 spiro atoms. The molecule has 1 aromatic carbocycles. The van der Waals surface area contributed by atoms with Gasteiger partial charge in [-0.05, 0) is 49.8 Å². The van der Waals surface area contributed by atoms with E-state index in [1.807, 2.05) is 12.1 Å². The highest BCUT2D eigenvalue weighted by molar-refractivity contribution is 9.10. The Hall–Kier alpha value is -2.19. The second-order valence-electron chi connectivity index (χ2n) is 8.04. The molecule has 3 aromatic rings. The van der Waals surface area contributed by atoms with Crippen LogP contribution in [0.4, 0.5) is 5.82 Å². The number of ether oxygens (including phenoxy) is 1. The van der Waals surface area contributed by atoms with Gasteiger partial charge in [0.15, 0.2) is 5.82 Å². The maximum atomic E-state index is 12.2. The van der Waals surface area contributed by atoms with Crippen LogP contribution in [0.25, 0.3) is 21.9 Å². The Bertz CT molecular complexity index is 1090. The molecule has 3 heterocycles. The Morgan fingerprint density at radius 1 is 1.24 bits per heavy atom. The number of anilines is 1. The van der Waals surface area contributed by atoms with Crippen LogP contribution in [0.15, 0.2) is 22.7 Å². The monoisotopic (exact) mass is 457 g/mol. The third-order valence-corrected chi connectivity index (χ3v) is 6.39. The largest absolute Gasteiger partial charge is 0.382 e. The van der Waals surface area contributed by atoms with Crippen LogP contribution in [0.2, 0.25) is 0 Å². The lowest BCUT2D eigenvalue weighted by molar-refractivity contribution is -0.122. The number of halogens is 1. The van der Waals surface area contributed by atoms with Crippen LogP contribution in [-0.4, -0.2) is 33.7 Å². The summed E-state index contributed by atoms with van der Waals surface area (Å²) in [5.41, 5.74) is 8.84. The number of rotatable bonds is 5. The molecule has 1 saturated carbocycles. The van der Waals surface area contributed by atoms with Crippen molar-refractivity contribution in [3.8, 4) is 0 Å². The molecule has 0 unspecified atom stereocenters. The van der Waals surface area contributed by atoms with E-state index < -0.39 is 0 Å². The topological polar surface area (TPSA) is 95.1 Å². The van der Waals surface area contributed by atoms with Gasteiger partial charge in [0.25, 0.3) is 0 Å². The molecule has 3 N–H and O–H groups in total. The third-order valence-electron chi connectivity index (χ3n) is 5.90. The first kappa shape index (κ1) is 18.8. The maximum absolute atomic E-state index is 12.2. The van der Waals surface area contributed by atoms with E-state index in [-0.39, 0.29) is 11.8 Å². The number of imidazole rings is 1. The molecule has 29 heavy (non-hydrogen) atoms. The zero-order valence-electron chi connectivity index (χ0n) is 16.2. The van der Waals surface area contributed by atoms with Crippen molar-refractivity contribution in [2.45, 2.75) is 38.8 Å². The quantitative estimate of drug-likeness (QED) is 0.612. The summed E-state index contributed by atoms with van der Waals surface area (Å²) in [6.45, 7) is 2.83. The standard InChI is InChI=1S/C21H24BrN5O2/c22-14-3-4-15-16(9-14)25-20(23)18-19(15)27(11-12-5-7-29-8-6-12)17(26-18)10-24-21(28)13-1-2-13/h3-4,9,12-13H,1-2,5-8,10-11H2,(H2,23,25)(H,24,28). The van der Waals surface area contributed by atoms with E-state index in [4.69, 9.17) is 15.5 Å². The van der Waals surface area contributed by atoms with Crippen LogP contribution >= 0.6 is 15.9 Å². The minimum absolute atomic E-state index is 0.120. The molecule has 1 amide bonds. The van der Waals surface area contributed by atoms with Crippen molar-refractivity contribution in [3.63, 3.8) is 0 Å². The summed E-state index contributed by atoms with van der Waals surface area (Å²) in [7, 11) is 0. The smallest absolute Gasteiger partial charge is 0.223 e. The fourth-order valence-electron chi connectivity index (χ4n) is 4.11. The highest BCUT2D eigenvalue weighted by Gasteiger charge is 2.30. The molecule has 5 rings (SSSR count). The summed E-state index contributed by atoms with van der Waals surface area (Å²) < 4.78 is 8.74. The van der Waals surface area contributed by atoms with E-state index in [1.54, 1.807) is 0 Å². The van der Waals surface area contributed by atoms with Gasteiger partial charge in [-0.25, -0.2) is 9.97 Å². The number of benzene rings is 1. The summed E-state index contributed by atoms with van der Waals surface area (Å²) >= 11 is 3.52. The van der Waals surface area contributed by atoms with Gasteiger partial charge in [0.05, 0.1) is 17.6 Å². The fourth-order valence-corrected chi connectivity index (χ4v) is 4.45. The number of hydrogen-bond acceptors (Lipinski definition) is 5. The van der Waals surface area contributed by atoms with Crippen LogP contribution in [0.3, 0.4) is 0 Å². The Kier molecular flexibility index (Phi) is 4.91. The number of carbonyl (C=O) groups is 1. The lowest BCUT2D eigenvalue weighted by atomic mass is 10.00. The van der Waals surface area contributed by atoms with E-state index in [0.29, 0.717) is 23.8 Å². The van der Waals surface area contributed by atoms with Gasteiger partial charge in [-0.3, -0.25) is 4.79 Å². The van der Waals surface area contributed by atoms with Crippen LogP contribution in [0.1, 0.15) is 31.5 Å². The van der Waals surface area contributed by atoms with Crippen molar-refractivity contribution >= 4 is 49.6 Å². The van der Waals surface area contributed by atoms with Crippen molar-refractivity contribution in [2.24, 2.45) is 11.8 Å². The molecule has 0 bridgehead atoms. The van der Waals surface area contributed by atoms with Crippen LogP contribution < -0.4 is 11.1 Å². The minimum Gasteiger partial charge on any atom is -0.382 e. The molecule has 1 aliphatic heterocycles. The van der Waals surface area contributed by atoms with Crippen molar-refractivity contribution < 1.29 is 9.53 Å². The summed E-state index contributed by atoms with van der Waals surface area (Å²) in [6.07, 6.45) is 4.02. The Morgan fingerprint density at radius 3 is 2.79 bits per heavy atom. The number of amides is 1. The van der Waals surface area contributed by atoms with Crippen molar-refractivity contribution in [3.05, 3.63) is 28.5 Å². The zero-order valence-corrected chi connectivity index (χ0v) is 17.7. The molecule has 2 aromatic heterocycles. The van der Waals surface area contributed by atoms with Gasteiger partial charge in [0.2, 0.25) is 5.91 Å². The number of fused-ring (bicyclic) bond motifs is 3. The van der Waals surface area contributed by atoms with Crippen molar-refractivity contribution in [1.29, 1.82) is 0 Å². The van der Waals surface area contributed by atoms with Crippen LogP contribution in [0, 0.1) is 11.8 Å². The number of nitrogens with two attached hydrogens (primary N) is 1. The molecule has 0 radical (unpaired) electrons. The maximum Gasteiger partial charge on any atom is 0.223 e. The highest BCUT2D eigenvalue weighted by Crippen LogP contribution is 2.32. The van der Waals surface area contributed by atoms with Gasteiger partial charge in [0.1, 0.15) is 11.3 Å². The molecule has 8 heteroatoms. The summed E-state index contributed by atoms with van der Waals surface area (Å²) in [5, 5.41) is 4.09. The number of nitrogens with one attached hydrogen (secondary N) is 1. The first-order chi connectivity index (χ1) is 14.1. The predicted octanol–water partition coefficient (Wildman–Crippen LogP) is 3.38. The SMILES string of the molecule is Nc1nc2cc(Br)ccc2c2c1nc(CNC(=O)C1CC1)n2CC1CCOCC1. The van der Waals surface area contributed by atoms with Crippen LogP contribution in [0.5, 0.6) is 0 Å². The van der Waals surface area contributed by atoms with Gasteiger partial charge >= 0.3 is 0 Å². The third kappa shape index (κ3) is 3.71. The van der Waals surface area contributed by atoms with E-state index in [9.17, 15) is 4.79 Å². The van der Waals surface area contributed by atoms with Gasteiger partial charge < -0.3 is 20.4 Å². The minimum atomic E-state index is 0.120. The summed E-state index contributed by atoms with van der Waals surface area (Å²) in [6, 6.07) is 6.05. The molecule has 2 aliphatic rings. The molecular weight excluding hydrogens is 434 g/mol. The van der Waals surface area contributed by atoms with Gasteiger partial charge in [0, 0.05) is 35.5 Å². The average Bonchev–Trinajstić information content (AvgIpc) is 3.50. The van der Waals surface area contributed by atoms with E-state index in [2.05, 4.69) is 36.9 Å².